The molecule has 5 nitrogen and oxygen atoms in total. The summed E-state index contributed by atoms with van der Waals surface area (Å²) in [6, 6.07) is 9.04. The average Bonchev–Trinajstić information content (AvgIpc) is 2.75. The third-order valence-corrected chi connectivity index (χ3v) is 3.10. The van der Waals surface area contributed by atoms with E-state index >= 15 is 0 Å². The smallest absolute Gasteiger partial charge is 0.321 e. The lowest BCUT2D eigenvalue weighted by Gasteiger charge is -2.18. The first-order valence-corrected chi connectivity index (χ1v) is 5.63. The van der Waals surface area contributed by atoms with Gasteiger partial charge in [-0.05, 0) is 5.56 Å². The van der Waals surface area contributed by atoms with Crippen molar-refractivity contribution < 1.29 is 24.2 Å². The molecule has 1 aliphatic heterocycles. The predicted octanol–water partition coefficient (Wildman–Crippen LogP) is 0.477. The van der Waals surface area contributed by atoms with Crippen LogP contribution < -0.4 is 0 Å². The molecule has 0 unspecified atom stereocenters. The Morgan fingerprint density at radius 2 is 2.06 bits per heavy atom. The highest BCUT2D eigenvalue weighted by atomic mass is 16.6. The topological polar surface area (TPSA) is 72.8 Å². The monoisotopic (exact) mass is 250 g/mol. The van der Waals surface area contributed by atoms with Gasteiger partial charge < -0.3 is 14.6 Å². The van der Waals surface area contributed by atoms with E-state index in [0.717, 1.165) is 5.56 Å². The molecule has 1 N–H and O–H groups in total. The summed E-state index contributed by atoms with van der Waals surface area (Å²) < 4.78 is 9.65. The number of hydrogen-bond donors (Lipinski definition) is 1. The van der Waals surface area contributed by atoms with Crippen LogP contribution >= 0.6 is 0 Å². The van der Waals surface area contributed by atoms with Crippen molar-refractivity contribution in [2.24, 2.45) is 5.92 Å². The lowest BCUT2D eigenvalue weighted by Crippen LogP contribution is -2.28. The maximum absolute atomic E-state index is 11.7. The number of hydrogen-bond acceptors (Lipinski definition) is 5. The van der Waals surface area contributed by atoms with Crippen molar-refractivity contribution in [2.75, 3.05) is 13.7 Å². The van der Waals surface area contributed by atoms with Gasteiger partial charge >= 0.3 is 11.9 Å². The summed E-state index contributed by atoms with van der Waals surface area (Å²) in [4.78, 5) is 23.4. The Morgan fingerprint density at radius 3 is 2.61 bits per heavy atom. The molecule has 5 heteroatoms. The van der Waals surface area contributed by atoms with E-state index in [-0.39, 0.29) is 6.61 Å². The highest BCUT2D eigenvalue weighted by molar-refractivity contribution is 5.97. The molecule has 1 heterocycles. The zero-order chi connectivity index (χ0) is 13.1. The van der Waals surface area contributed by atoms with Crippen LogP contribution in [0.4, 0.5) is 0 Å². The number of aliphatic hydroxyl groups excluding tert-OH is 1. The Hall–Kier alpha value is -1.88. The minimum absolute atomic E-state index is 0.321. The van der Waals surface area contributed by atoms with Crippen molar-refractivity contribution in [3.8, 4) is 0 Å². The maximum Gasteiger partial charge on any atom is 0.321 e. The van der Waals surface area contributed by atoms with Crippen molar-refractivity contribution in [3.63, 3.8) is 0 Å². The van der Waals surface area contributed by atoms with Gasteiger partial charge in [0.1, 0.15) is 6.10 Å². The Labute approximate surface area is 104 Å². The summed E-state index contributed by atoms with van der Waals surface area (Å²) in [7, 11) is 1.23. The van der Waals surface area contributed by atoms with E-state index in [9.17, 15) is 14.7 Å². The van der Waals surface area contributed by atoms with Crippen molar-refractivity contribution in [3.05, 3.63) is 35.9 Å². The maximum atomic E-state index is 11.7. The lowest BCUT2D eigenvalue weighted by molar-refractivity contribution is -0.155. The van der Waals surface area contributed by atoms with Gasteiger partial charge in [0.25, 0.3) is 0 Å². The zero-order valence-corrected chi connectivity index (χ0v) is 9.91. The standard InChI is InChI=1S/C13H14O5/c1-17-12(15)11-10(8-5-3-2-4-6-8)9(7-14)18-13(11)16/h2-6,9-11,14H,7H2,1H3/t9-,10-,11-/m1/s1. The predicted molar refractivity (Wildman–Crippen MR) is 61.7 cm³/mol. The van der Waals surface area contributed by atoms with Gasteiger partial charge in [-0.1, -0.05) is 30.3 Å². The van der Waals surface area contributed by atoms with Gasteiger partial charge in [-0.15, -0.1) is 0 Å². The molecule has 0 aliphatic carbocycles. The van der Waals surface area contributed by atoms with Crippen LogP contribution in [-0.4, -0.2) is 36.9 Å². The summed E-state index contributed by atoms with van der Waals surface area (Å²) in [5, 5.41) is 9.26. The van der Waals surface area contributed by atoms with Crippen LogP contribution in [0.3, 0.4) is 0 Å². The Kier molecular flexibility index (Phi) is 3.62. The lowest BCUT2D eigenvalue weighted by atomic mass is 9.84. The zero-order valence-electron chi connectivity index (χ0n) is 9.91. The van der Waals surface area contributed by atoms with E-state index in [2.05, 4.69) is 4.74 Å². The highest BCUT2D eigenvalue weighted by Gasteiger charge is 2.49. The summed E-state index contributed by atoms with van der Waals surface area (Å²) >= 11 is 0. The SMILES string of the molecule is COC(=O)[C@@H]1C(=O)O[C@H](CO)[C@H]1c1ccccc1. The molecular formula is C13H14O5. The fraction of sp³-hybridized carbons (Fsp3) is 0.385. The van der Waals surface area contributed by atoms with Gasteiger partial charge in [-0.2, -0.15) is 0 Å². The number of carbonyl (C=O) groups is 2. The molecule has 3 atom stereocenters. The molecule has 1 aliphatic rings. The number of rotatable bonds is 3. The quantitative estimate of drug-likeness (QED) is 0.624. The second-order valence-corrected chi connectivity index (χ2v) is 4.10. The summed E-state index contributed by atoms with van der Waals surface area (Å²) in [5.74, 6) is -2.79. The molecule has 1 aromatic rings. The third-order valence-electron chi connectivity index (χ3n) is 3.10. The first-order chi connectivity index (χ1) is 8.69. The van der Waals surface area contributed by atoms with Gasteiger partial charge in [-0.3, -0.25) is 9.59 Å². The number of ether oxygens (including phenoxy) is 2. The minimum atomic E-state index is -1.01. The number of cyclic esters (lactones) is 1. The summed E-state index contributed by atoms with van der Waals surface area (Å²) in [5.41, 5.74) is 0.776. The molecule has 0 amide bonds. The van der Waals surface area contributed by atoms with Crippen LogP contribution in [0.2, 0.25) is 0 Å². The van der Waals surface area contributed by atoms with E-state index in [4.69, 9.17) is 4.74 Å². The number of methoxy groups -OCH3 is 1. The summed E-state index contributed by atoms with van der Waals surface area (Å²) in [6.07, 6.45) is -0.705. The van der Waals surface area contributed by atoms with Crippen molar-refractivity contribution in [2.45, 2.75) is 12.0 Å². The molecule has 96 valence electrons. The Morgan fingerprint density at radius 1 is 1.39 bits per heavy atom. The van der Waals surface area contributed by atoms with Gasteiger partial charge in [0, 0.05) is 5.92 Å². The molecule has 0 bridgehead atoms. The first-order valence-electron chi connectivity index (χ1n) is 5.63. The second-order valence-electron chi connectivity index (χ2n) is 4.10. The van der Waals surface area contributed by atoms with Crippen LogP contribution in [0.1, 0.15) is 11.5 Å². The average molecular weight is 250 g/mol. The molecule has 0 saturated carbocycles. The van der Waals surface area contributed by atoms with E-state index in [1.807, 2.05) is 6.07 Å². The van der Waals surface area contributed by atoms with Crippen molar-refractivity contribution >= 4 is 11.9 Å². The first kappa shape index (κ1) is 12.6. The number of carbonyl (C=O) groups excluding carboxylic acids is 2. The normalized spacial score (nSPS) is 26.8. The van der Waals surface area contributed by atoms with Crippen molar-refractivity contribution in [1.29, 1.82) is 0 Å². The minimum Gasteiger partial charge on any atom is -0.468 e. The van der Waals surface area contributed by atoms with Crippen molar-refractivity contribution in [1.82, 2.24) is 0 Å². The second kappa shape index (κ2) is 5.18. The number of benzene rings is 1. The van der Waals surface area contributed by atoms with Crippen LogP contribution in [-0.2, 0) is 19.1 Å². The van der Waals surface area contributed by atoms with Gasteiger partial charge in [0.2, 0.25) is 0 Å². The number of esters is 2. The summed E-state index contributed by atoms with van der Waals surface area (Å²) in [6.45, 7) is -0.321. The third kappa shape index (κ3) is 2.09. The van der Waals surface area contributed by atoms with Gasteiger partial charge in [0.05, 0.1) is 13.7 Å². The van der Waals surface area contributed by atoms with Crippen LogP contribution in [0.25, 0.3) is 0 Å². The fourth-order valence-electron chi connectivity index (χ4n) is 2.26. The van der Waals surface area contributed by atoms with Crippen LogP contribution in [0.15, 0.2) is 30.3 Å². The van der Waals surface area contributed by atoms with E-state index < -0.39 is 29.9 Å². The molecule has 0 aromatic heterocycles. The van der Waals surface area contributed by atoms with Gasteiger partial charge in [0.15, 0.2) is 5.92 Å². The van der Waals surface area contributed by atoms with Gasteiger partial charge in [-0.25, -0.2) is 0 Å². The number of aliphatic hydroxyl groups is 1. The highest BCUT2D eigenvalue weighted by Crippen LogP contribution is 2.37. The molecule has 2 rings (SSSR count). The molecule has 0 spiro atoms. The Balaban J connectivity index is 2.38. The van der Waals surface area contributed by atoms with E-state index in [0.29, 0.717) is 0 Å². The largest absolute Gasteiger partial charge is 0.468 e. The van der Waals surface area contributed by atoms with Crippen LogP contribution in [0.5, 0.6) is 0 Å². The molecule has 1 fully saturated rings. The van der Waals surface area contributed by atoms with Crippen LogP contribution in [0, 0.1) is 5.92 Å². The molecular weight excluding hydrogens is 236 g/mol. The molecule has 0 radical (unpaired) electrons. The van der Waals surface area contributed by atoms with E-state index in [1.54, 1.807) is 24.3 Å². The Bertz CT molecular complexity index is 442. The molecule has 1 aromatic carbocycles. The fourth-order valence-corrected chi connectivity index (χ4v) is 2.26. The molecule has 18 heavy (non-hydrogen) atoms. The molecule has 1 saturated heterocycles. The van der Waals surface area contributed by atoms with E-state index in [1.165, 1.54) is 7.11 Å².